The molecule has 2 nitrogen and oxygen atoms in total. The van der Waals surface area contributed by atoms with Crippen molar-refractivity contribution in [1.29, 1.82) is 0 Å². The minimum atomic E-state index is 0.417. The first kappa shape index (κ1) is 25.4. The first-order valence-corrected chi connectivity index (χ1v) is 13.6. The Bertz CT molecular complexity index is 755. The van der Waals surface area contributed by atoms with Gasteiger partial charge in [-0.1, -0.05) is 138 Å². The van der Waals surface area contributed by atoms with Gasteiger partial charge >= 0.3 is 0 Å². The van der Waals surface area contributed by atoms with Crippen molar-refractivity contribution in [2.75, 3.05) is 6.54 Å². The minimum Gasteiger partial charge on any atom is -0.356 e. The standard InChI is InChI=1S/C31H46N2/c1-2-3-4-5-6-7-8-9-10-11-12-19-24-32-25-26-33(28-30-22-17-14-18-23-30)31(32)27-29-20-15-13-16-21-29/h13-18,20-23,25-26,31H,2-12,19,24,27-28H2,1H3. The van der Waals surface area contributed by atoms with E-state index < -0.39 is 0 Å². The number of nitrogens with zero attached hydrogens (tertiary/aromatic N) is 2. The zero-order valence-corrected chi connectivity index (χ0v) is 21.0. The van der Waals surface area contributed by atoms with Crippen LogP contribution in [0, 0.1) is 0 Å². The van der Waals surface area contributed by atoms with E-state index in [-0.39, 0.29) is 0 Å². The summed E-state index contributed by atoms with van der Waals surface area (Å²) in [5, 5.41) is 0. The molecule has 2 aromatic carbocycles. The van der Waals surface area contributed by atoms with Gasteiger partial charge in [0, 0.05) is 31.9 Å². The molecule has 0 bridgehead atoms. The molecule has 0 aliphatic carbocycles. The van der Waals surface area contributed by atoms with Gasteiger partial charge in [0.1, 0.15) is 6.17 Å². The van der Waals surface area contributed by atoms with E-state index in [1.54, 1.807) is 0 Å². The molecule has 0 aromatic heterocycles. The van der Waals surface area contributed by atoms with Gasteiger partial charge in [-0.3, -0.25) is 0 Å². The van der Waals surface area contributed by atoms with Crippen molar-refractivity contribution in [1.82, 2.24) is 9.80 Å². The normalized spacial score (nSPS) is 15.5. The van der Waals surface area contributed by atoms with E-state index in [0.29, 0.717) is 6.17 Å². The van der Waals surface area contributed by atoms with E-state index in [1.165, 1.54) is 88.2 Å². The lowest BCUT2D eigenvalue weighted by Crippen LogP contribution is -2.40. The summed E-state index contributed by atoms with van der Waals surface area (Å²) in [6.07, 6.45) is 23.0. The second-order valence-electron chi connectivity index (χ2n) is 9.75. The second-order valence-corrected chi connectivity index (χ2v) is 9.75. The van der Waals surface area contributed by atoms with Crippen LogP contribution in [0.25, 0.3) is 0 Å². The van der Waals surface area contributed by atoms with Crippen molar-refractivity contribution < 1.29 is 0 Å². The molecule has 0 saturated heterocycles. The summed E-state index contributed by atoms with van der Waals surface area (Å²) in [6.45, 7) is 4.44. The molecule has 0 radical (unpaired) electrons. The van der Waals surface area contributed by atoms with E-state index >= 15 is 0 Å². The SMILES string of the molecule is CCCCCCCCCCCCCCN1C=CN(Cc2ccccc2)C1Cc1ccccc1. The van der Waals surface area contributed by atoms with Crippen molar-refractivity contribution >= 4 is 0 Å². The minimum absolute atomic E-state index is 0.417. The molecule has 33 heavy (non-hydrogen) atoms. The van der Waals surface area contributed by atoms with Gasteiger partial charge in [0.2, 0.25) is 0 Å². The molecule has 180 valence electrons. The molecule has 1 unspecified atom stereocenters. The van der Waals surface area contributed by atoms with Crippen molar-refractivity contribution in [3.05, 3.63) is 84.2 Å². The zero-order chi connectivity index (χ0) is 23.0. The maximum absolute atomic E-state index is 2.58. The lowest BCUT2D eigenvalue weighted by atomic mass is 10.0. The predicted molar refractivity (Wildman–Crippen MR) is 143 cm³/mol. The Kier molecular flexibility index (Phi) is 12.0. The highest BCUT2D eigenvalue weighted by Crippen LogP contribution is 2.23. The van der Waals surface area contributed by atoms with Gasteiger partial charge in [-0.15, -0.1) is 0 Å². The van der Waals surface area contributed by atoms with Crippen LogP contribution >= 0.6 is 0 Å². The fourth-order valence-electron chi connectivity index (χ4n) is 4.93. The number of hydrogen-bond donors (Lipinski definition) is 0. The van der Waals surface area contributed by atoms with Crippen LogP contribution in [-0.4, -0.2) is 22.5 Å². The quantitative estimate of drug-likeness (QED) is 0.225. The Morgan fingerprint density at radius 1 is 0.545 bits per heavy atom. The Morgan fingerprint density at radius 3 is 1.61 bits per heavy atom. The highest BCUT2D eigenvalue weighted by atomic mass is 15.4. The maximum atomic E-state index is 2.58. The lowest BCUT2D eigenvalue weighted by Gasteiger charge is -2.33. The molecule has 0 fully saturated rings. The highest BCUT2D eigenvalue weighted by molar-refractivity contribution is 5.19. The average molecular weight is 447 g/mol. The van der Waals surface area contributed by atoms with Crippen LogP contribution in [0.15, 0.2) is 73.1 Å². The first-order chi connectivity index (χ1) is 16.4. The zero-order valence-electron chi connectivity index (χ0n) is 21.0. The smallest absolute Gasteiger partial charge is 0.105 e. The van der Waals surface area contributed by atoms with Crippen LogP contribution in [0.2, 0.25) is 0 Å². The molecule has 0 spiro atoms. The summed E-state index contributed by atoms with van der Waals surface area (Å²) in [5.41, 5.74) is 2.80. The van der Waals surface area contributed by atoms with E-state index in [2.05, 4.69) is 89.8 Å². The van der Waals surface area contributed by atoms with Gasteiger partial charge in [0.05, 0.1) is 0 Å². The van der Waals surface area contributed by atoms with E-state index in [4.69, 9.17) is 0 Å². The van der Waals surface area contributed by atoms with Gasteiger partial charge in [0.15, 0.2) is 0 Å². The Labute approximate surface area is 203 Å². The van der Waals surface area contributed by atoms with Crippen LogP contribution in [0.4, 0.5) is 0 Å². The number of hydrogen-bond acceptors (Lipinski definition) is 2. The average Bonchev–Trinajstić information content (AvgIpc) is 3.22. The maximum Gasteiger partial charge on any atom is 0.105 e. The molecular weight excluding hydrogens is 400 g/mol. The van der Waals surface area contributed by atoms with Crippen LogP contribution in [0.3, 0.4) is 0 Å². The third-order valence-corrected chi connectivity index (χ3v) is 6.95. The number of rotatable bonds is 17. The Balaban J connectivity index is 1.36. The summed E-state index contributed by atoms with van der Waals surface area (Å²) in [7, 11) is 0. The van der Waals surface area contributed by atoms with Gasteiger partial charge in [-0.05, 0) is 17.5 Å². The Morgan fingerprint density at radius 2 is 1.03 bits per heavy atom. The molecule has 0 amide bonds. The van der Waals surface area contributed by atoms with Crippen LogP contribution in [0.5, 0.6) is 0 Å². The first-order valence-electron chi connectivity index (χ1n) is 13.6. The fourth-order valence-corrected chi connectivity index (χ4v) is 4.93. The molecule has 1 heterocycles. The summed E-state index contributed by atoms with van der Waals surface area (Å²) < 4.78 is 0. The largest absolute Gasteiger partial charge is 0.356 e. The predicted octanol–water partition coefficient (Wildman–Crippen LogP) is 8.55. The summed E-state index contributed by atoms with van der Waals surface area (Å²) in [5.74, 6) is 0. The third kappa shape index (κ3) is 9.66. The molecule has 2 aromatic rings. The van der Waals surface area contributed by atoms with Crippen LogP contribution < -0.4 is 0 Å². The number of benzene rings is 2. The van der Waals surface area contributed by atoms with Gasteiger partial charge in [0.25, 0.3) is 0 Å². The highest BCUT2D eigenvalue weighted by Gasteiger charge is 2.26. The fraction of sp³-hybridized carbons (Fsp3) is 0.548. The van der Waals surface area contributed by atoms with E-state index in [9.17, 15) is 0 Å². The number of unbranched alkanes of at least 4 members (excludes halogenated alkanes) is 11. The molecule has 3 rings (SSSR count). The topological polar surface area (TPSA) is 6.48 Å². The van der Waals surface area contributed by atoms with Crippen molar-refractivity contribution in [2.24, 2.45) is 0 Å². The van der Waals surface area contributed by atoms with E-state index in [1.807, 2.05) is 0 Å². The molecule has 1 aliphatic rings. The lowest BCUT2D eigenvalue weighted by molar-refractivity contribution is 0.144. The summed E-state index contributed by atoms with van der Waals surface area (Å²) in [4.78, 5) is 5.09. The summed E-state index contributed by atoms with van der Waals surface area (Å²) >= 11 is 0. The molecule has 0 saturated carbocycles. The van der Waals surface area contributed by atoms with Crippen molar-refractivity contribution in [2.45, 2.75) is 103 Å². The molecule has 0 N–H and O–H groups in total. The molecule has 1 atom stereocenters. The van der Waals surface area contributed by atoms with Gasteiger partial charge < -0.3 is 9.80 Å². The van der Waals surface area contributed by atoms with E-state index in [0.717, 1.165) is 19.5 Å². The molecular formula is C31H46N2. The Hall–Kier alpha value is -2.22. The van der Waals surface area contributed by atoms with Crippen molar-refractivity contribution in [3.63, 3.8) is 0 Å². The van der Waals surface area contributed by atoms with Crippen molar-refractivity contribution in [3.8, 4) is 0 Å². The van der Waals surface area contributed by atoms with Crippen LogP contribution in [-0.2, 0) is 13.0 Å². The summed E-state index contributed by atoms with van der Waals surface area (Å²) in [6, 6.07) is 21.8. The molecule has 2 heteroatoms. The van der Waals surface area contributed by atoms with Gasteiger partial charge in [-0.2, -0.15) is 0 Å². The molecule has 1 aliphatic heterocycles. The van der Waals surface area contributed by atoms with Gasteiger partial charge in [-0.25, -0.2) is 0 Å². The second kappa shape index (κ2) is 15.6. The monoisotopic (exact) mass is 446 g/mol. The third-order valence-electron chi connectivity index (χ3n) is 6.95. The van der Waals surface area contributed by atoms with Crippen LogP contribution in [0.1, 0.15) is 95.1 Å².